The maximum Gasteiger partial charge on any atom is 0.0260 e. The van der Waals surface area contributed by atoms with Gasteiger partial charge in [0.1, 0.15) is 0 Å². The number of benzene rings is 3. The molecule has 0 N–H and O–H groups in total. The lowest BCUT2D eigenvalue weighted by Crippen LogP contribution is -2.16. The van der Waals surface area contributed by atoms with Gasteiger partial charge in [-0.05, 0) is 78.3 Å². The van der Waals surface area contributed by atoms with E-state index in [1.54, 1.807) is 0 Å². The Morgan fingerprint density at radius 3 is 0.778 bits per heavy atom. The van der Waals surface area contributed by atoms with Crippen molar-refractivity contribution in [3.05, 3.63) is 79.7 Å². The topological polar surface area (TPSA) is 0 Å². The molecule has 0 saturated carbocycles. The second-order valence-electron chi connectivity index (χ2n) is 14.4. The van der Waals surface area contributed by atoms with Crippen LogP contribution in [0.5, 0.6) is 0 Å². The highest BCUT2D eigenvalue weighted by atomic mass is 79.9. The van der Waals surface area contributed by atoms with E-state index in [-0.39, 0.29) is 21.7 Å². The molecule has 0 bridgehead atoms. The Hall–Kier alpha value is -1.38. The first-order chi connectivity index (χ1) is 16.2. The summed E-state index contributed by atoms with van der Waals surface area (Å²) in [5.74, 6) is 0. The smallest absolute Gasteiger partial charge is 0.0260 e. The van der Waals surface area contributed by atoms with Crippen LogP contribution in [0.15, 0.2) is 57.5 Å². The van der Waals surface area contributed by atoms with Crippen molar-refractivity contribution in [3.8, 4) is 22.3 Å². The van der Waals surface area contributed by atoms with Gasteiger partial charge in [-0.25, -0.2) is 0 Å². The predicted molar refractivity (Wildman–Crippen MR) is 168 cm³/mol. The van der Waals surface area contributed by atoms with E-state index < -0.39 is 0 Å². The molecule has 0 aliphatic heterocycles. The molecule has 0 unspecified atom stereocenters. The van der Waals surface area contributed by atoms with Crippen molar-refractivity contribution in [2.45, 2.75) is 105 Å². The fraction of sp³-hybridized carbons (Fsp3) is 0.471. The van der Waals surface area contributed by atoms with Crippen LogP contribution in [0.3, 0.4) is 0 Å². The summed E-state index contributed by atoms with van der Waals surface area (Å²) in [7, 11) is 0. The molecule has 0 amide bonds. The molecule has 36 heavy (non-hydrogen) atoms. The minimum absolute atomic E-state index is 0.0798. The van der Waals surface area contributed by atoms with E-state index in [1.807, 2.05) is 0 Å². The maximum absolute atomic E-state index is 3.96. The summed E-state index contributed by atoms with van der Waals surface area (Å²) in [5.41, 5.74) is 10.7. The first-order valence-corrected chi connectivity index (χ1v) is 14.6. The highest BCUT2D eigenvalue weighted by molar-refractivity contribution is 9.11. The Bertz CT molecular complexity index is 1100. The first-order valence-electron chi connectivity index (χ1n) is 13.0. The molecule has 0 fully saturated rings. The molecular formula is C34H44Br2. The highest BCUT2D eigenvalue weighted by Gasteiger charge is 2.24. The lowest BCUT2D eigenvalue weighted by molar-refractivity contribution is 0.568. The van der Waals surface area contributed by atoms with E-state index in [0.29, 0.717) is 0 Å². The third kappa shape index (κ3) is 6.54. The van der Waals surface area contributed by atoms with Crippen LogP contribution in [0.2, 0.25) is 0 Å². The molecule has 3 rings (SSSR count). The van der Waals surface area contributed by atoms with Gasteiger partial charge in [0.15, 0.2) is 0 Å². The van der Waals surface area contributed by atoms with E-state index in [4.69, 9.17) is 0 Å². The van der Waals surface area contributed by atoms with Crippen molar-refractivity contribution >= 4 is 31.9 Å². The standard InChI is InChI=1S/C34H44Br2/c1-31(2,3)23-13-21(14-24(17-23)32(4,5)6)27-19-30(36)28(20-29(27)35)22-15-25(33(7,8)9)18-26(16-22)34(10,11)12/h13-20H,1-12H3. The molecule has 0 aliphatic rings. The Labute approximate surface area is 237 Å². The van der Waals surface area contributed by atoms with Crippen molar-refractivity contribution in [2.24, 2.45) is 0 Å². The normalized spacial score (nSPS) is 13.3. The molecule has 0 heterocycles. The lowest BCUT2D eigenvalue weighted by atomic mass is 9.78. The predicted octanol–water partition coefficient (Wildman–Crippen LogP) is 11.7. The zero-order chi connectivity index (χ0) is 27.4. The lowest BCUT2D eigenvalue weighted by Gasteiger charge is -2.27. The molecule has 2 heteroatoms. The van der Waals surface area contributed by atoms with Crippen LogP contribution >= 0.6 is 31.9 Å². The minimum atomic E-state index is 0.0798. The molecule has 194 valence electrons. The van der Waals surface area contributed by atoms with Crippen LogP contribution < -0.4 is 0 Å². The van der Waals surface area contributed by atoms with Gasteiger partial charge in [-0.3, -0.25) is 0 Å². The van der Waals surface area contributed by atoms with Crippen molar-refractivity contribution in [3.63, 3.8) is 0 Å². The average Bonchev–Trinajstić information content (AvgIpc) is 2.72. The van der Waals surface area contributed by atoms with Crippen molar-refractivity contribution < 1.29 is 0 Å². The van der Waals surface area contributed by atoms with Crippen molar-refractivity contribution in [1.82, 2.24) is 0 Å². The quantitative estimate of drug-likeness (QED) is 0.270. The number of hydrogen-bond donors (Lipinski definition) is 0. The van der Waals surface area contributed by atoms with Crippen LogP contribution in [-0.2, 0) is 21.7 Å². The zero-order valence-corrected chi connectivity index (χ0v) is 27.5. The summed E-state index contributed by atoms with van der Waals surface area (Å²) < 4.78 is 2.23. The van der Waals surface area contributed by atoms with Gasteiger partial charge >= 0.3 is 0 Å². The number of hydrogen-bond acceptors (Lipinski definition) is 0. The summed E-state index contributed by atoms with van der Waals surface area (Å²) in [6, 6.07) is 18.8. The third-order valence-corrected chi connectivity index (χ3v) is 8.32. The number of rotatable bonds is 2. The molecule has 0 nitrogen and oxygen atoms in total. The Morgan fingerprint density at radius 1 is 0.361 bits per heavy atom. The third-order valence-electron chi connectivity index (χ3n) is 7.01. The van der Waals surface area contributed by atoms with Gasteiger partial charge in [0.05, 0.1) is 0 Å². The van der Waals surface area contributed by atoms with Gasteiger partial charge in [-0.1, -0.05) is 151 Å². The van der Waals surface area contributed by atoms with Crippen LogP contribution in [0.4, 0.5) is 0 Å². The zero-order valence-electron chi connectivity index (χ0n) is 24.4. The molecule has 0 atom stereocenters. The molecule has 0 aromatic heterocycles. The fourth-order valence-corrected chi connectivity index (χ4v) is 5.43. The first kappa shape index (κ1) is 29.2. The second-order valence-corrected chi connectivity index (χ2v) is 16.1. The Morgan fingerprint density at radius 2 is 0.583 bits per heavy atom. The Balaban J connectivity index is 2.25. The minimum Gasteiger partial charge on any atom is -0.0561 e. The van der Waals surface area contributed by atoms with E-state index >= 15 is 0 Å². The van der Waals surface area contributed by atoms with E-state index in [9.17, 15) is 0 Å². The van der Waals surface area contributed by atoms with Crippen LogP contribution in [0.1, 0.15) is 105 Å². The SMILES string of the molecule is CC(C)(C)c1cc(-c2cc(Br)c(-c3cc(C(C)(C)C)cc(C(C)(C)C)c3)cc2Br)cc(C(C)(C)C)c1. The molecule has 0 spiro atoms. The molecule has 3 aromatic carbocycles. The molecule has 3 aromatic rings. The van der Waals surface area contributed by atoms with Gasteiger partial charge in [0.2, 0.25) is 0 Å². The van der Waals surface area contributed by atoms with Gasteiger partial charge in [0.25, 0.3) is 0 Å². The van der Waals surface area contributed by atoms with Gasteiger partial charge in [-0.15, -0.1) is 0 Å². The Kier molecular flexibility index (Phi) is 7.89. The summed E-state index contributed by atoms with van der Waals surface area (Å²) >= 11 is 7.92. The monoisotopic (exact) mass is 610 g/mol. The molecule has 0 aliphatic carbocycles. The number of halogens is 2. The molecule has 0 radical (unpaired) electrons. The van der Waals surface area contributed by atoms with E-state index in [2.05, 4.69) is 163 Å². The second kappa shape index (κ2) is 9.73. The van der Waals surface area contributed by atoms with Crippen LogP contribution in [0.25, 0.3) is 22.3 Å². The van der Waals surface area contributed by atoms with Crippen molar-refractivity contribution in [1.29, 1.82) is 0 Å². The summed E-state index contributed by atoms with van der Waals surface area (Å²) in [5, 5.41) is 0. The van der Waals surface area contributed by atoms with E-state index in [1.165, 1.54) is 44.5 Å². The van der Waals surface area contributed by atoms with Crippen LogP contribution in [-0.4, -0.2) is 0 Å². The van der Waals surface area contributed by atoms with Gasteiger partial charge in [-0.2, -0.15) is 0 Å². The fourth-order valence-electron chi connectivity index (χ4n) is 4.29. The molecular weight excluding hydrogens is 568 g/mol. The van der Waals surface area contributed by atoms with Gasteiger partial charge < -0.3 is 0 Å². The highest BCUT2D eigenvalue weighted by Crippen LogP contribution is 2.42. The van der Waals surface area contributed by atoms with Crippen LogP contribution in [0, 0.1) is 0 Å². The summed E-state index contributed by atoms with van der Waals surface area (Å²) in [4.78, 5) is 0. The van der Waals surface area contributed by atoms with Gasteiger partial charge in [0, 0.05) is 8.95 Å². The maximum atomic E-state index is 3.96. The van der Waals surface area contributed by atoms with Crippen molar-refractivity contribution in [2.75, 3.05) is 0 Å². The summed E-state index contributed by atoms with van der Waals surface area (Å²) in [6.45, 7) is 27.5. The summed E-state index contributed by atoms with van der Waals surface area (Å²) in [6.07, 6.45) is 0. The average molecular weight is 613 g/mol. The molecule has 0 saturated heterocycles. The largest absolute Gasteiger partial charge is 0.0561 e. The van der Waals surface area contributed by atoms with E-state index in [0.717, 1.165) is 8.95 Å².